The first-order valence-electron chi connectivity index (χ1n) is 6.71. The summed E-state index contributed by atoms with van der Waals surface area (Å²) in [6.07, 6.45) is 0.927. The molecule has 1 fully saturated rings. The van der Waals surface area contributed by atoms with Gasteiger partial charge in [-0.25, -0.2) is 0 Å². The molecule has 20 heavy (non-hydrogen) atoms. The molecule has 0 unspecified atom stereocenters. The molecule has 5 nitrogen and oxygen atoms in total. The summed E-state index contributed by atoms with van der Waals surface area (Å²) in [6, 6.07) is 3.29. The van der Waals surface area contributed by atoms with Crippen LogP contribution in [0.5, 0.6) is 11.5 Å². The van der Waals surface area contributed by atoms with Crippen LogP contribution in [0.1, 0.15) is 23.2 Å². The van der Waals surface area contributed by atoms with Crippen LogP contribution in [0, 0.1) is 0 Å². The van der Waals surface area contributed by atoms with E-state index in [2.05, 4.69) is 0 Å². The average molecular weight is 298 g/mol. The minimum absolute atomic E-state index is 0.0872. The van der Waals surface area contributed by atoms with E-state index in [1.165, 1.54) is 0 Å². The first-order chi connectivity index (χ1) is 9.65. The predicted molar refractivity (Wildman–Crippen MR) is 73.6 cm³/mol. The number of ether oxygens (including phenoxy) is 2. The summed E-state index contributed by atoms with van der Waals surface area (Å²) in [5, 5.41) is 9.88. The number of rotatable bonds is 1. The lowest BCUT2D eigenvalue weighted by Gasteiger charge is -2.30. The van der Waals surface area contributed by atoms with E-state index in [4.69, 9.17) is 21.1 Å². The third kappa shape index (κ3) is 2.55. The zero-order valence-electron chi connectivity index (χ0n) is 11.0. The third-order valence-electron chi connectivity index (χ3n) is 3.60. The largest absolute Gasteiger partial charge is 0.486 e. The molecule has 2 aliphatic rings. The van der Waals surface area contributed by atoms with Crippen molar-refractivity contribution >= 4 is 17.5 Å². The molecule has 1 aromatic rings. The van der Waals surface area contributed by atoms with Gasteiger partial charge in [0.15, 0.2) is 11.5 Å². The lowest BCUT2D eigenvalue weighted by molar-refractivity contribution is 0.0545. The molecule has 108 valence electrons. The molecule has 2 aliphatic heterocycles. The van der Waals surface area contributed by atoms with Gasteiger partial charge < -0.3 is 19.5 Å². The van der Waals surface area contributed by atoms with Crippen molar-refractivity contribution in [2.24, 2.45) is 0 Å². The highest BCUT2D eigenvalue weighted by Gasteiger charge is 2.25. The van der Waals surface area contributed by atoms with Crippen molar-refractivity contribution < 1.29 is 19.4 Å². The normalized spacial score (nSPS) is 19.0. The Labute approximate surface area is 122 Å². The summed E-state index contributed by atoms with van der Waals surface area (Å²) < 4.78 is 10.9. The molecule has 1 N–H and O–H groups in total. The lowest BCUT2D eigenvalue weighted by Crippen LogP contribution is -2.40. The molecule has 3 rings (SSSR count). The van der Waals surface area contributed by atoms with Crippen molar-refractivity contribution in [1.29, 1.82) is 0 Å². The van der Waals surface area contributed by atoms with Crippen LogP contribution in [-0.2, 0) is 0 Å². The molecule has 1 aromatic carbocycles. The lowest BCUT2D eigenvalue weighted by atomic mass is 10.1. The number of hydrogen-bond acceptors (Lipinski definition) is 4. The standard InChI is InChI=1S/C14H16ClNO4/c15-11-7-9(8-12-13(11)20-6-5-19-12)14(18)16-3-1-10(17)2-4-16/h7-8,10,17H,1-6H2. The van der Waals surface area contributed by atoms with Crippen molar-refractivity contribution in [3.63, 3.8) is 0 Å². The van der Waals surface area contributed by atoms with E-state index in [1.54, 1.807) is 17.0 Å². The number of fused-ring (bicyclic) bond motifs is 1. The molecule has 0 saturated carbocycles. The van der Waals surface area contributed by atoms with E-state index in [-0.39, 0.29) is 12.0 Å². The maximum Gasteiger partial charge on any atom is 0.254 e. The second kappa shape index (κ2) is 5.50. The number of nitrogens with zero attached hydrogens (tertiary/aromatic N) is 1. The van der Waals surface area contributed by atoms with Crippen LogP contribution in [0.4, 0.5) is 0 Å². The zero-order valence-corrected chi connectivity index (χ0v) is 11.7. The number of carbonyl (C=O) groups excluding carboxylic acids is 1. The Kier molecular flexibility index (Phi) is 3.72. The molecule has 0 radical (unpaired) electrons. The SMILES string of the molecule is O=C(c1cc(Cl)c2c(c1)OCCO2)N1CCC(O)CC1. The minimum atomic E-state index is -0.303. The maximum absolute atomic E-state index is 12.4. The molecular formula is C14H16ClNO4. The molecular weight excluding hydrogens is 282 g/mol. The molecule has 0 aliphatic carbocycles. The second-order valence-electron chi connectivity index (χ2n) is 5.01. The number of aliphatic hydroxyl groups is 1. The number of amides is 1. The topological polar surface area (TPSA) is 59.0 Å². The molecule has 0 bridgehead atoms. The molecule has 2 heterocycles. The Hall–Kier alpha value is -1.46. The van der Waals surface area contributed by atoms with Gasteiger partial charge in [-0.15, -0.1) is 0 Å². The summed E-state index contributed by atoms with van der Waals surface area (Å²) in [5.74, 6) is 0.934. The van der Waals surface area contributed by atoms with Crippen molar-refractivity contribution in [3.8, 4) is 11.5 Å². The maximum atomic E-state index is 12.4. The van der Waals surface area contributed by atoms with Gasteiger partial charge in [0.05, 0.1) is 11.1 Å². The Balaban J connectivity index is 1.83. The van der Waals surface area contributed by atoms with E-state index < -0.39 is 0 Å². The van der Waals surface area contributed by atoms with Gasteiger partial charge >= 0.3 is 0 Å². The summed E-state index contributed by atoms with van der Waals surface area (Å²) in [4.78, 5) is 14.2. The summed E-state index contributed by atoms with van der Waals surface area (Å²) in [7, 11) is 0. The first-order valence-corrected chi connectivity index (χ1v) is 7.09. The fourth-order valence-electron chi connectivity index (χ4n) is 2.49. The van der Waals surface area contributed by atoms with E-state index >= 15 is 0 Å². The van der Waals surface area contributed by atoms with Crippen LogP contribution < -0.4 is 9.47 Å². The number of likely N-dealkylation sites (tertiary alicyclic amines) is 1. The van der Waals surface area contributed by atoms with E-state index in [9.17, 15) is 9.90 Å². The Bertz CT molecular complexity index is 526. The summed E-state index contributed by atoms with van der Waals surface area (Å²) in [5.41, 5.74) is 0.496. The van der Waals surface area contributed by atoms with Gasteiger partial charge in [-0.05, 0) is 25.0 Å². The highest BCUT2D eigenvalue weighted by molar-refractivity contribution is 6.32. The molecule has 0 spiro atoms. The summed E-state index contributed by atoms with van der Waals surface area (Å²) >= 11 is 6.14. The smallest absolute Gasteiger partial charge is 0.254 e. The van der Waals surface area contributed by atoms with E-state index in [1.807, 2.05) is 0 Å². The van der Waals surface area contributed by atoms with Gasteiger partial charge in [-0.2, -0.15) is 0 Å². The van der Waals surface area contributed by atoms with E-state index in [0.717, 1.165) is 0 Å². The van der Waals surface area contributed by atoms with Gasteiger partial charge in [0.25, 0.3) is 5.91 Å². The fourth-order valence-corrected chi connectivity index (χ4v) is 2.75. The van der Waals surface area contributed by atoms with Crippen molar-refractivity contribution in [2.45, 2.75) is 18.9 Å². The minimum Gasteiger partial charge on any atom is -0.486 e. The van der Waals surface area contributed by atoms with Crippen LogP contribution in [-0.4, -0.2) is 48.3 Å². The Morgan fingerprint density at radius 2 is 1.95 bits per heavy atom. The van der Waals surface area contributed by atoms with Crippen LogP contribution in [0.3, 0.4) is 0 Å². The number of hydrogen-bond donors (Lipinski definition) is 1. The van der Waals surface area contributed by atoms with Gasteiger partial charge in [-0.1, -0.05) is 11.6 Å². The van der Waals surface area contributed by atoms with Gasteiger partial charge in [0, 0.05) is 18.7 Å². The van der Waals surface area contributed by atoms with Gasteiger partial charge in [-0.3, -0.25) is 4.79 Å². The van der Waals surface area contributed by atoms with Crippen LogP contribution in [0.25, 0.3) is 0 Å². The van der Waals surface area contributed by atoms with Crippen molar-refractivity contribution in [2.75, 3.05) is 26.3 Å². The number of halogens is 1. The zero-order chi connectivity index (χ0) is 14.1. The predicted octanol–water partition coefficient (Wildman–Crippen LogP) is 1.71. The highest BCUT2D eigenvalue weighted by Crippen LogP contribution is 2.38. The highest BCUT2D eigenvalue weighted by atomic mass is 35.5. The third-order valence-corrected chi connectivity index (χ3v) is 3.88. The van der Waals surface area contributed by atoms with Crippen molar-refractivity contribution in [3.05, 3.63) is 22.7 Å². The monoisotopic (exact) mass is 297 g/mol. The van der Waals surface area contributed by atoms with Crippen molar-refractivity contribution in [1.82, 2.24) is 4.90 Å². The van der Waals surface area contributed by atoms with Crippen LogP contribution in [0.2, 0.25) is 5.02 Å². The molecule has 1 amide bonds. The molecule has 1 saturated heterocycles. The number of aliphatic hydroxyl groups excluding tert-OH is 1. The number of benzene rings is 1. The fraction of sp³-hybridized carbons (Fsp3) is 0.500. The summed E-state index contributed by atoms with van der Waals surface area (Å²) in [6.45, 7) is 2.04. The van der Waals surface area contributed by atoms with Crippen LogP contribution >= 0.6 is 11.6 Å². The van der Waals surface area contributed by atoms with E-state index in [0.29, 0.717) is 61.2 Å². The van der Waals surface area contributed by atoms with Crippen LogP contribution in [0.15, 0.2) is 12.1 Å². The van der Waals surface area contributed by atoms with Gasteiger partial charge in [0.1, 0.15) is 13.2 Å². The molecule has 0 atom stereocenters. The Morgan fingerprint density at radius 1 is 1.25 bits per heavy atom. The number of carbonyl (C=O) groups is 1. The number of piperidine rings is 1. The quantitative estimate of drug-likeness (QED) is 0.857. The second-order valence-corrected chi connectivity index (χ2v) is 5.41. The molecule has 6 heteroatoms. The first kappa shape index (κ1) is 13.5. The Morgan fingerprint density at radius 3 is 2.70 bits per heavy atom. The average Bonchev–Trinajstić information content (AvgIpc) is 2.47. The van der Waals surface area contributed by atoms with Gasteiger partial charge in [0.2, 0.25) is 0 Å². The molecule has 0 aromatic heterocycles.